The number of aryl methyl sites for hydroxylation is 1. The fourth-order valence-corrected chi connectivity index (χ4v) is 3.36. The lowest BCUT2D eigenvalue weighted by molar-refractivity contribution is 0.836. The van der Waals surface area contributed by atoms with Gasteiger partial charge < -0.3 is 0 Å². The summed E-state index contributed by atoms with van der Waals surface area (Å²) in [5.74, 6) is 0.534. The van der Waals surface area contributed by atoms with E-state index in [1.807, 2.05) is 83.8 Å². The van der Waals surface area contributed by atoms with E-state index in [2.05, 4.69) is 10.4 Å². The molecular formula is C22H18N4OS. The lowest BCUT2D eigenvalue weighted by atomic mass is 10.2. The largest absolute Gasteiger partial charge is 0.286 e. The zero-order chi connectivity index (χ0) is 19.5. The van der Waals surface area contributed by atoms with Crippen molar-refractivity contribution in [1.82, 2.24) is 9.66 Å². The second kappa shape index (κ2) is 7.62. The molecule has 0 saturated heterocycles. The van der Waals surface area contributed by atoms with Crippen LogP contribution in [0.15, 0.2) is 89.7 Å². The Labute approximate surface area is 167 Å². The van der Waals surface area contributed by atoms with E-state index in [0.29, 0.717) is 21.8 Å². The molecule has 0 saturated carbocycles. The molecule has 0 bridgehead atoms. The summed E-state index contributed by atoms with van der Waals surface area (Å²) < 4.78 is 1.39. The Hall–Kier alpha value is -3.51. The predicted octanol–water partition coefficient (Wildman–Crippen LogP) is 4.37. The van der Waals surface area contributed by atoms with Crippen LogP contribution in [-0.2, 0) is 0 Å². The molecule has 0 amide bonds. The molecule has 138 valence electrons. The number of hydrogen-bond donors (Lipinski definition) is 1. The first-order valence-electron chi connectivity index (χ1n) is 8.85. The molecule has 4 rings (SSSR count). The van der Waals surface area contributed by atoms with E-state index in [4.69, 9.17) is 12.2 Å². The second-order valence-corrected chi connectivity index (χ2v) is 6.63. The van der Waals surface area contributed by atoms with E-state index < -0.39 is 0 Å². The summed E-state index contributed by atoms with van der Waals surface area (Å²) in [5.41, 5.74) is 5.33. The molecular weight excluding hydrogens is 368 g/mol. The minimum Gasteiger partial charge on any atom is -0.286 e. The van der Waals surface area contributed by atoms with Gasteiger partial charge in [0.1, 0.15) is 5.82 Å². The third kappa shape index (κ3) is 3.37. The van der Waals surface area contributed by atoms with E-state index in [1.54, 1.807) is 13.0 Å². The van der Waals surface area contributed by atoms with Crippen LogP contribution < -0.4 is 15.9 Å². The summed E-state index contributed by atoms with van der Waals surface area (Å²) in [6, 6.07) is 26.8. The summed E-state index contributed by atoms with van der Waals surface area (Å²) in [5, 5.41) is 0.911. The zero-order valence-corrected chi connectivity index (χ0v) is 16.1. The first kappa shape index (κ1) is 17.9. The minimum atomic E-state index is -0.188. The van der Waals surface area contributed by atoms with Crippen LogP contribution in [0.25, 0.3) is 10.9 Å². The fraction of sp³-hybridized carbons (Fsp3) is 0.0455. The number of benzene rings is 3. The number of para-hydroxylation sites is 3. The van der Waals surface area contributed by atoms with E-state index in [9.17, 15) is 4.79 Å². The highest BCUT2D eigenvalue weighted by molar-refractivity contribution is 7.80. The molecule has 3 aromatic carbocycles. The van der Waals surface area contributed by atoms with Gasteiger partial charge in [0.05, 0.1) is 10.9 Å². The Kier molecular flexibility index (Phi) is 4.87. The summed E-state index contributed by atoms with van der Waals surface area (Å²) in [6.45, 7) is 1.78. The van der Waals surface area contributed by atoms with Crippen molar-refractivity contribution in [3.8, 4) is 0 Å². The fourth-order valence-electron chi connectivity index (χ4n) is 3.06. The van der Waals surface area contributed by atoms with Gasteiger partial charge in [-0.2, -0.15) is 0 Å². The van der Waals surface area contributed by atoms with Gasteiger partial charge in [0.25, 0.3) is 5.56 Å². The van der Waals surface area contributed by atoms with Crippen LogP contribution in [0, 0.1) is 6.92 Å². The van der Waals surface area contributed by atoms with Gasteiger partial charge in [0, 0.05) is 11.4 Å². The standard InChI is InChI=1S/C22H18N4OS/c1-16-23-20-15-9-8-14-19(20)21(27)26(16)24-22(28)25(17-10-4-2-5-11-17)18-12-6-3-7-13-18/h2-15H,1H3,(H,24,28). The molecule has 0 fully saturated rings. The summed E-state index contributed by atoms with van der Waals surface area (Å²) in [4.78, 5) is 19.4. The van der Waals surface area contributed by atoms with Gasteiger partial charge in [-0.05, 0) is 55.5 Å². The summed E-state index contributed by atoms with van der Waals surface area (Å²) in [7, 11) is 0. The monoisotopic (exact) mass is 386 g/mol. The van der Waals surface area contributed by atoms with Gasteiger partial charge in [-0.25, -0.2) is 9.66 Å². The van der Waals surface area contributed by atoms with E-state index in [1.165, 1.54) is 4.68 Å². The third-order valence-electron chi connectivity index (χ3n) is 4.38. The molecule has 0 aliphatic rings. The number of nitrogens with zero attached hydrogens (tertiary/aromatic N) is 3. The number of nitrogens with one attached hydrogen (secondary N) is 1. The Morgan fingerprint density at radius 1 is 0.893 bits per heavy atom. The van der Waals surface area contributed by atoms with Gasteiger partial charge in [-0.3, -0.25) is 15.1 Å². The van der Waals surface area contributed by atoms with Crippen LogP contribution in [0.1, 0.15) is 5.82 Å². The van der Waals surface area contributed by atoms with Crippen LogP contribution in [0.3, 0.4) is 0 Å². The number of fused-ring (bicyclic) bond motifs is 1. The Morgan fingerprint density at radius 3 is 2.04 bits per heavy atom. The molecule has 0 radical (unpaired) electrons. The van der Waals surface area contributed by atoms with E-state index in [-0.39, 0.29) is 5.56 Å². The molecule has 6 heteroatoms. The van der Waals surface area contributed by atoms with Gasteiger partial charge in [0.15, 0.2) is 5.11 Å². The lowest BCUT2D eigenvalue weighted by Gasteiger charge is -2.27. The third-order valence-corrected chi connectivity index (χ3v) is 4.66. The molecule has 1 aromatic heterocycles. The zero-order valence-electron chi connectivity index (χ0n) is 15.2. The van der Waals surface area contributed by atoms with Crippen LogP contribution in [-0.4, -0.2) is 14.8 Å². The van der Waals surface area contributed by atoms with Crippen molar-refractivity contribution in [3.05, 3.63) is 101 Å². The van der Waals surface area contributed by atoms with E-state index in [0.717, 1.165) is 11.4 Å². The van der Waals surface area contributed by atoms with Crippen LogP contribution in [0.5, 0.6) is 0 Å². The summed E-state index contributed by atoms with van der Waals surface area (Å²) in [6.07, 6.45) is 0. The highest BCUT2D eigenvalue weighted by atomic mass is 32.1. The number of anilines is 2. The average Bonchev–Trinajstić information content (AvgIpc) is 2.73. The van der Waals surface area contributed by atoms with Crippen molar-refractivity contribution >= 4 is 39.6 Å². The smallest absolute Gasteiger partial charge is 0.280 e. The maximum Gasteiger partial charge on any atom is 0.280 e. The topological polar surface area (TPSA) is 50.2 Å². The molecule has 0 aliphatic heterocycles. The van der Waals surface area contributed by atoms with Crippen molar-refractivity contribution in [2.75, 3.05) is 10.3 Å². The van der Waals surface area contributed by atoms with Crippen molar-refractivity contribution in [3.63, 3.8) is 0 Å². The number of thiocarbonyl (C=S) groups is 1. The molecule has 0 unspecified atom stereocenters. The maximum absolute atomic E-state index is 13.0. The first-order valence-corrected chi connectivity index (χ1v) is 9.25. The van der Waals surface area contributed by atoms with Gasteiger partial charge >= 0.3 is 0 Å². The summed E-state index contributed by atoms with van der Waals surface area (Å²) >= 11 is 5.69. The molecule has 0 atom stereocenters. The van der Waals surface area contributed by atoms with Gasteiger partial charge in [-0.15, -0.1) is 0 Å². The van der Waals surface area contributed by atoms with E-state index >= 15 is 0 Å². The van der Waals surface area contributed by atoms with Crippen molar-refractivity contribution in [2.24, 2.45) is 0 Å². The molecule has 1 N–H and O–H groups in total. The first-order chi connectivity index (χ1) is 13.6. The number of hydrogen-bond acceptors (Lipinski definition) is 3. The number of rotatable bonds is 3. The van der Waals surface area contributed by atoms with Gasteiger partial charge in [0.2, 0.25) is 0 Å². The molecule has 28 heavy (non-hydrogen) atoms. The predicted molar refractivity (Wildman–Crippen MR) is 118 cm³/mol. The maximum atomic E-state index is 13.0. The molecule has 1 heterocycles. The second-order valence-electron chi connectivity index (χ2n) is 6.24. The van der Waals surface area contributed by atoms with Crippen molar-refractivity contribution < 1.29 is 0 Å². The molecule has 4 aromatic rings. The lowest BCUT2D eigenvalue weighted by Crippen LogP contribution is -2.41. The minimum absolute atomic E-state index is 0.188. The Balaban J connectivity index is 1.77. The highest BCUT2D eigenvalue weighted by Crippen LogP contribution is 2.25. The van der Waals surface area contributed by atoms with Crippen LogP contribution in [0.4, 0.5) is 11.4 Å². The van der Waals surface area contributed by atoms with Crippen molar-refractivity contribution in [2.45, 2.75) is 6.92 Å². The van der Waals surface area contributed by atoms with Crippen LogP contribution >= 0.6 is 12.2 Å². The van der Waals surface area contributed by atoms with Crippen LogP contribution in [0.2, 0.25) is 0 Å². The number of aromatic nitrogens is 2. The molecule has 5 nitrogen and oxygen atoms in total. The molecule has 0 spiro atoms. The highest BCUT2D eigenvalue weighted by Gasteiger charge is 2.16. The SMILES string of the molecule is Cc1nc2ccccc2c(=O)n1NC(=S)N(c1ccccc1)c1ccccc1. The average molecular weight is 386 g/mol. The molecule has 0 aliphatic carbocycles. The Morgan fingerprint density at radius 2 is 1.43 bits per heavy atom. The van der Waals surface area contributed by atoms with Crippen molar-refractivity contribution in [1.29, 1.82) is 0 Å². The normalized spacial score (nSPS) is 10.6. The quantitative estimate of drug-likeness (QED) is 0.530. The Bertz CT molecular complexity index is 1150. The van der Waals surface area contributed by atoms with Gasteiger partial charge in [-0.1, -0.05) is 48.5 Å².